The molecule has 0 nitrogen and oxygen atoms in total. The van der Waals surface area contributed by atoms with Crippen molar-refractivity contribution in [1.82, 2.24) is 0 Å². The molecule has 0 aromatic rings. The zero-order valence-electron chi connectivity index (χ0n) is 6.11. The molecule has 0 spiro atoms. The van der Waals surface area contributed by atoms with Crippen molar-refractivity contribution in [3.05, 3.63) is 11.1 Å². The quantitative estimate of drug-likeness (QED) is 0.433. The Morgan fingerprint density at radius 3 is 2.78 bits per heavy atom. The van der Waals surface area contributed by atoms with Crippen LogP contribution in [0.2, 0.25) is 0 Å². The average Bonchev–Trinajstić information content (AvgIpc) is 1.86. The third-order valence-corrected chi connectivity index (χ3v) is 2.84. The number of fused-ring (bicyclic) bond motifs is 1. The van der Waals surface area contributed by atoms with Gasteiger partial charge in [-0.3, -0.25) is 0 Å². The third kappa shape index (κ3) is 0.726. The normalized spacial score (nSPS) is 33.7. The fraction of sp³-hybridized carbons (Fsp3) is 0.778. The molecule has 2 rings (SSSR count). The van der Waals surface area contributed by atoms with Crippen LogP contribution in [0.25, 0.3) is 0 Å². The molecule has 0 aromatic heterocycles. The highest BCUT2D eigenvalue weighted by atomic mass is 14.3. The van der Waals surface area contributed by atoms with Gasteiger partial charge in [-0.25, -0.2) is 0 Å². The van der Waals surface area contributed by atoms with E-state index in [4.69, 9.17) is 0 Å². The van der Waals surface area contributed by atoms with Gasteiger partial charge < -0.3 is 0 Å². The van der Waals surface area contributed by atoms with Gasteiger partial charge in [-0.15, -0.1) is 0 Å². The van der Waals surface area contributed by atoms with Crippen molar-refractivity contribution >= 4 is 0 Å². The zero-order valence-corrected chi connectivity index (χ0v) is 6.11. The van der Waals surface area contributed by atoms with Gasteiger partial charge in [0.15, 0.2) is 0 Å². The molecule has 1 unspecified atom stereocenters. The first kappa shape index (κ1) is 5.52. The van der Waals surface area contributed by atoms with E-state index in [2.05, 4.69) is 6.92 Å². The molecular weight excluding hydrogens is 108 g/mol. The van der Waals surface area contributed by atoms with E-state index in [9.17, 15) is 0 Å². The molecule has 1 atom stereocenters. The molecule has 0 aliphatic heterocycles. The first-order valence-corrected chi connectivity index (χ1v) is 4.06. The van der Waals surface area contributed by atoms with E-state index in [0.29, 0.717) is 0 Å². The van der Waals surface area contributed by atoms with E-state index in [1.54, 1.807) is 5.57 Å². The molecule has 0 heteroatoms. The van der Waals surface area contributed by atoms with Crippen LogP contribution < -0.4 is 0 Å². The minimum Gasteiger partial charge on any atom is -0.0732 e. The Morgan fingerprint density at radius 1 is 1.33 bits per heavy atom. The van der Waals surface area contributed by atoms with Gasteiger partial charge in [0.1, 0.15) is 0 Å². The minimum absolute atomic E-state index is 1.04. The van der Waals surface area contributed by atoms with Crippen molar-refractivity contribution in [1.29, 1.82) is 0 Å². The van der Waals surface area contributed by atoms with Crippen LogP contribution in [0.1, 0.15) is 39.0 Å². The maximum atomic E-state index is 2.30. The Bertz CT molecular complexity index is 153. The van der Waals surface area contributed by atoms with E-state index in [1.165, 1.54) is 32.1 Å². The Labute approximate surface area is 57.0 Å². The van der Waals surface area contributed by atoms with Gasteiger partial charge in [0.2, 0.25) is 0 Å². The van der Waals surface area contributed by atoms with Gasteiger partial charge >= 0.3 is 0 Å². The Hall–Kier alpha value is -0.260. The lowest BCUT2D eigenvalue weighted by molar-refractivity contribution is 0.398. The molecule has 2 aliphatic carbocycles. The van der Waals surface area contributed by atoms with Crippen molar-refractivity contribution < 1.29 is 0 Å². The lowest BCUT2D eigenvalue weighted by Gasteiger charge is -2.36. The summed E-state index contributed by atoms with van der Waals surface area (Å²) in [5.74, 6) is 1.04. The van der Waals surface area contributed by atoms with Gasteiger partial charge in [-0.2, -0.15) is 0 Å². The predicted molar refractivity (Wildman–Crippen MR) is 39.3 cm³/mol. The highest BCUT2D eigenvalue weighted by Crippen LogP contribution is 2.43. The summed E-state index contributed by atoms with van der Waals surface area (Å²) in [6.45, 7) is 2.30. The fourth-order valence-electron chi connectivity index (χ4n) is 2.24. The van der Waals surface area contributed by atoms with Crippen LogP contribution in [-0.4, -0.2) is 0 Å². The number of hydrogen-bond acceptors (Lipinski definition) is 0. The summed E-state index contributed by atoms with van der Waals surface area (Å²) in [5, 5.41) is 0. The van der Waals surface area contributed by atoms with E-state index in [0.717, 1.165) is 5.92 Å². The van der Waals surface area contributed by atoms with Gasteiger partial charge in [0.05, 0.1) is 0 Å². The summed E-state index contributed by atoms with van der Waals surface area (Å²) in [6, 6.07) is 0. The molecule has 2 aliphatic rings. The molecule has 0 radical (unpaired) electrons. The summed E-state index contributed by atoms with van der Waals surface area (Å²) < 4.78 is 0. The molecule has 0 aromatic carbocycles. The molecular formula is C9H14. The summed E-state index contributed by atoms with van der Waals surface area (Å²) in [7, 11) is 0. The lowest BCUT2D eigenvalue weighted by atomic mass is 9.70. The molecule has 0 bridgehead atoms. The highest BCUT2D eigenvalue weighted by Gasteiger charge is 2.27. The van der Waals surface area contributed by atoms with Crippen molar-refractivity contribution in [2.45, 2.75) is 39.0 Å². The summed E-state index contributed by atoms with van der Waals surface area (Å²) >= 11 is 0. The lowest BCUT2D eigenvalue weighted by Crippen LogP contribution is -2.20. The van der Waals surface area contributed by atoms with E-state index in [-0.39, 0.29) is 0 Å². The summed E-state index contributed by atoms with van der Waals surface area (Å²) in [4.78, 5) is 0. The third-order valence-electron chi connectivity index (χ3n) is 2.84. The molecule has 1 fully saturated rings. The van der Waals surface area contributed by atoms with E-state index in [1.807, 2.05) is 5.57 Å². The summed E-state index contributed by atoms with van der Waals surface area (Å²) in [5.41, 5.74) is 3.53. The molecule has 1 saturated carbocycles. The average molecular weight is 122 g/mol. The summed E-state index contributed by atoms with van der Waals surface area (Å²) in [6.07, 6.45) is 7.29. The van der Waals surface area contributed by atoms with Crippen LogP contribution >= 0.6 is 0 Å². The van der Waals surface area contributed by atoms with Crippen molar-refractivity contribution in [3.8, 4) is 0 Å². The highest BCUT2D eigenvalue weighted by molar-refractivity contribution is 5.27. The topological polar surface area (TPSA) is 0 Å². The molecule has 0 N–H and O–H groups in total. The second kappa shape index (κ2) is 1.86. The van der Waals surface area contributed by atoms with Crippen LogP contribution in [0.15, 0.2) is 11.1 Å². The number of allylic oxidation sites excluding steroid dienone is 2. The predicted octanol–water partition coefficient (Wildman–Crippen LogP) is 2.90. The monoisotopic (exact) mass is 122 g/mol. The second-order valence-corrected chi connectivity index (χ2v) is 3.45. The first-order valence-electron chi connectivity index (χ1n) is 4.06. The minimum atomic E-state index is 1.04. The standard InChI is InChI=1S/C9H14/c1-7-6-8-4-2-3-5-9(7)8/h8H,2-6H2,1H3. The maximum Gasteiger partial charge on any atom is -0.0163 e. The fourth-order valence-corrected chi connectivity index (χ4v) is 2.24. The van der Waals surface area contributed by atoms with Gasteiger partial charge in [0.25, 0.3) is 0 Å². The Balaban J connectivity index is 2.14. The van der Waals surface area contributed by atoms with E-state index < -0.39 is 0 Å². The smallest absolute Gasteiger partial charge is 0.0163 e. The second-order valence-electron chi connectivity index (χ2n) is 3.45. The largest absolute Gasteiger partial charge is 0.0732 e. The number of rotatable bonds is 0. The van der Waals surface area contributed by atoms with Gasteiger partial charge in [-0.1, -0.05) is 17.6 Å². The first-order chi connectivity index (χ1) is 4.38. The van der Waals surface area contributed by atoms with Crippen molar-refractivity contribution in [2.24, 2.45) is 5.92 Å². The molecule has 9 heavy (non-hydrogen) atoms. The van der Waals surface area contributed by atoms with E-state index >= 15 is 0 Å². The SMILES string of the molecule is CC1=C2CCCCC2C1. The maximum absolute atomic E-state index is 2.30. The molecule has 0 amide bonds. The van der Waals surface area contributed by atoms with Crippen molar-refractivity contribution in [3.63, 3.8) is 0 Å². The molecule has 0 saturated heterocycles. The van der Waals surface area contributed by atoms with Crippen LogP contribution in [0, 0.1) is 5.92 Å². The van der Waals surface area contributed by atoms with Crippen LogP contribution in [0.4, 0.5) is 0 Å². The number of hydrogen-bond donors (Lipinski definition) is 0. The zero-order chi connectivity index (χ0) is 6.27. The molecule has 0 heterocycles. The van der Waals surface area contributed by atoms with Gasteiger partial charge in [0, 0.05) is 0 Å². The van der Waals surface area contributed by atoms with Crippen LogP contribution in [-0.2, 0) is 0 Å². The Morgan fingerprint density at radius 2 is 2.22 bits per heavy atom. The van der Waals surface area contributed by atoms with Crippen molar-refractivity contribution in [2.75, 3.05) is 0 Å². The Kier molecular flexibility index (Phi) is 1.14. The van der Waals surface area contributed by atoms with Crippen LogP contribution in [0.5, 0.6) is 0 Å². The molecule has 50 valence electrons. The van der Waals surface area contributed by atoms with Gasteiger partial charge in [-0.05, 0) is 38.5 Å². The van der Waals surface area contributed by atoms with Crippen LogP contribution in [0.3, 0.4) is 0 Å².